The van der Waals surface area contributed by atoms with Gasteiger partial charge in [0.15, 0.2) is 6.29 Å². The number of aliphatic hydroxyl groups is 1. The van der Waals surface area contributed by atoms with Gasteiger partial charge in [0.25, 0.3) is 0 Å². The molecule has 0 fully saturated rings. The van der Waals surface area contributed by atoms with Gasteiger partial charge in [0, 0.05) is 12.5 Å². The summed E-state index contributed by atoms with van der Waals surface area (Å²) in [6.45, 7) is 8.47. The largest absolute Gasteiger partial charge is 0.377 e. The Bertz CT molecular complexity index is 147. The topological polar surface area (TPSA) is 38.7 Å². The third kappa shape index (κ3) is 3.89. The molecule has 3 nitrogen and oxygen atoms in total. The lowest BCUT2D eigenvalue weighted by Gasteiger charge is -2.31. The van der Waals surface area contributed by atoms with E-state index in [-0.39, 0.29) is 5.41 Å². The highest BCUT2D eigenvalue weighted by molar-refractivity contribution is 4.76. The smallest absolute Gasteiger partial charge is 0.161 e. The lowest BCUT2D eigenvalue weighted by atomic mass is 9.88. The monoisotopic (exact) mass is 188 g/mol. The van der Waals surface area contributed by atoms with Gasteiger partial charge >= 0.3 is 0 Å². The summed E-state index contributed by atoms with van der Waals surface area (Å²) in [4.78, 5) is 0. The summed E-state index contributed by atoms with van der Waals surface area (Å²) in [6, 6.07) is 0. The summed E-state index contributed by atoms with van der Waals surface area (Å²) in [5.74, 6) is 0. The molecule has 0 aliphatic heterocycles. The zero-order valence-electron chi connectivity index (χ0n) is 8.75. The van der Waals surface area contributed by atoms with Crippen molar-refractivity contribution in [3.8, 4) is 0 Å². The summed E-state index contributed by atoms with van der Waals surface area (Å²) in [5.41, 5.74) is -0.336. The molecule has 0 amide bonds. The normalized spacial score (nSPS) is 17.8. The predicted octanol–water partition coefficient (Wildman–Crippen LogP) is 1.57. The molecule has 3 heteroatoms. The van der Waals surface area contributed by atoms with Gasteiger partial charge in [-0.1, -0.05) is 19.9 Å². The lowest BCUT2D eigenvalue weighted by molar-refractivity contribution is -0.171. The van der Waals surface area contributed by atoms with E-state index in [2.05, 4.69) is 6.58 Å². The van der Waals surface area contributed by atoms with E-state index in [9.17, 15) is 5.11 Å². The molecule has 1 N–H and O–H groups in total. The van der Waals surface area contributed by atoms with E-state index in [1.54, 1.807) is 6.08 Å². The molecule has 2 atom stereocenters. The minimum atomic E-state index is -0.776. The van der Waals surface area contributed by atoms with Crippen LogP contribution >= 0.6 is 0 Å². The van der Waals surface area contributed by atoms with Crippen LogP contribution in [0.3, 0.4) is 0 Å². The van der Waals surface area contributed by atoms with Gasteiger partial charge in [-0.2, -0.15) is 0 Å². The summed E-state index contributed by atoms with van der Waals surface area (Å²) in [7, 11) is 1.49. The van der Waals surface area contributed by atoms with Crippen molar-refractivity contribution in [3.05, 3.63) is 12.7 Å². The van der Waals surface area contributed by atoms with Crippen LogP contribution in [-0.4, -0.2) is 31.7 Å². The fourth-order valence-electron chi connectivity index (χ4n) is 1.01. The number of hydrogen-bond acceptors (Lipinski definition) is 3. The van der Waals surface area contributed by atoms with Crippen molar-refractivity contribution >= 4 is 0 Å². The Morgan fingerprint density at radius 3 is 2.62 bits per heavy atom. The molecule has 2 unspecified atom stereocenters. The van der Waals surface area contributed by atoms with E-state index >= 15 is 0 Å². The van der Waals surface area contributed by atoms with Crippen molar-refractivity contribution in [1.82, 2.24) is 0 Å². The summed E-state index contributed by atoms with van der Waals surface area (Å²) in [6.07, 6.45) is 1.72. The quantitative estimate of drug-likeness (QED) is 0.374. The Balaban J connectivity index is 4.02. The molecular weight excluding hydrogens is 168 g/mol. The van der Waals surface area contributed by atoms with Gasteiger partial charge < -0.3 is 14.6 Å². The van der Waals surface area contributed by atoms with Crippen LogP contribution in [0.25, 0.3) is 0 Å². The van der Waals surface area contributed by atoms with Crippen molar-refractivity contribution in [2.45, 2.75) is 26.6 Å². The average Bonchev–Trinajstić information content (AvgIpc) is 2.16. The van der Waals surface area contributed by atoms with E-state index in [0.29, 0.717) is 13.2 Å². The molecule has 0 aliphatic rings. The SMILES string of the molecule is C=CCOCC(C)(CC)C(O)OC. The zero-order valence-corrected chi connectivity index (χ0v) is 8.75. The molecule has 0 spiro atoms. The minimum absolute atomic E-state index is 0.336. The molecule has 0 saturated carbocycles. The predicted molar refractivity (Wildman–Crippen MR) is 52.4 cm³/mol. The Labute approximate surface area is 80.4 Å². The first kappa shape index (κ1) is 12.6. The minimum Gasteiger partial charge on any atom is -0.377 e. The van der Waals surface area contributed by atoms with Crippen LogP contribution < -0.4 is 0 Å². The van der Waals surface area contributed by atoms with Crippen LogP contribution in [0.15, 0.2) is 12.7 Å². The number of ether oxygens (including phenoxy) is 2. The lowest BCUT2D eigenvalue weighted by Crippen LogP contribution is -2.37. The number of rotatable bonds is 7. The highest BCUT2D eigenvalue weighted by Gasteiger charge is 2.31. The van der Waals surface area contributed by atoms with Gasteiger partial charge in [-0.25, -0.2) is 0 Å². The summed E-state index contributed by atoms with van der Waals surface area (Å²) >= 11 is 0. The highest BCUT2D eigenvalue weighted by Crippen LogP contribution is 2.26. The Morgan fingerprint density at radius 2 is 2.23 bits per heavy atom. The number of methoxy groups -OCH3 is 1. The average molecular weight is 188 g/mol. The van der Waals surface area contributed by atoms with Gasteiger partial charge in [-0.15, -0.1) is 6.58 Å². The molecule has 0 aromatic rings. The van der Waals surface area contributed by atoms with Crippen molar-refractivity contribution in [2.75, 3.05) is 20.3 Å². The maximum Gasteiger partial charge on any atom is 0.161 e. The molecule has 0 aromatic carbocycles. The summed E-state index contributed by atoms with van der Waals surface area (Å²) < 4.78 is 10.2. The van der Waals surface area contributed by atoms with Gasteiger partial charge in [-0.05, 0) is 6.42 Å². The van der Waals surface area contributed by atoms with Crippen LogP contribution in [0.1, 0.15) is 20.3 Å². The Kier molecular flexibility index (Phi) is 5.95. The number of aliphatic hydroxyl groups excluding tert-OH is 1. The van der Waals surface area contributed by atoms with Crippen LogP contribution in [0, 0.1) is 5.41 Å². The van der Waals surface area contributed by atoms with Crippen molar-refractivity contribution in [3.63, 3.8) is 0 Å². The maximum absolute atomic E-state index is 9.55. The maximum atomic E-state index is 9.55. The number of hydrogen-bond donors (Lipinski definition) is 1. The molecule has 0 heterocycles. The molecule has 0 bridgehead atoms. The van der Waals surface area contributed by atoms with E-state index in [4.69, 9.17) is 9.47 Å². The second-order valence-corrected chi connectivity index (χ2v) is 3.40. The van der Waals surface area contributed by atoms with Crippen molar-refractivity contribution in [2.24, 2.45) is 5.41 Å². The van der Waals surface area contributed by atoms with Gasteiger partial charge in [-0.3, -0.25) is 0 Å². The summed E-state index contributed by atoms with van der Waals surface area (Å²) in [5, 5.41) is 9.55. The van der Waals surface area contributed by atoms with E-state index in [1.165, 1.54) is 7.11 Å². The second-order valence-electron chi connectivity index (χ2n) is 3.40. The fraction of sp³-hybridized carbons (Fsp3) is 0.800. The fourth-order valence-corrected chi connectivity index (χ4v) is 1.01. The first-order valence-electron chi connectivity index (χ1n) is 4.50. The van der Waals surface area contributed by atoms with Crippen LogP contribution in [0.2, 0.25) is 0 Å². The van der Waals surface area contributed by atoms with E-state index in [1.807, 2.05) is 13.8 Å². The van der Waals surface area contributed by atoms with Gasteiger partial charge in [0.2, 0.25) is 0 Å². The first-order chi connectivity index (χ1) is 6.10. The van der Waals surface area contributed by atoms with E-state index in [0.717, 1.165) is 6.42 Å². The van der Waals surface area contributed by atoms with Crippen molar-refractivity contribution in [1.29, 1.82) is 0 Å². The third-order valence-corrected chi connectivity index (χ3v) is 2.29. The molecular formula is C10H20O3. The van der Waals surface area contributed by atoms with Crippen LogP contribution in [0.4, 0.5) is 0 Å². The molecule has 0 aliphatic carbocycles. The zero-order chi connectivity index (χ0) is 10.3. The Hall–Kier alpha value is -0.380. The molecule has 78 valence electrons. The van der Waals surface area contributed by atoms with Gasteiger partial charge in [0.1, 0.15) is 0 Å². The molecule has 0 radical (unpaired) electrons. The Morgan fingerprint density at radius 1 is 1.62 bits per heavy atom. The van der Waals surface area contributed by atoms with Gasteiger partial charge in [0.05, 0.1) is 13.2 Å². The highest BCUT2D eigenvalue weighted by atomic mass is 16.6. The standard InChI is InChI=1S/C10H20O3/c1-5-7-13-8-10(3,6-2)9(11)12-4/h5,9,11H,1,6-8H2,2-4H3. The van der Waals surface area contributed by atoms with Crippen LogP contribution in [-0.2, 0) is 9.47 Å². The molecule has 13 heavy (non-hydrogen) atoms. The molecule has 0 aromatic heterocycles. The van der Waals surface area contributed by atoms with Crippen LogP contribution in [0.5, 0.6) is 0 Å². The molecule has 0 rings (SSSR count). The molecule has 0 saturated heterocycles. The van der Waals surface area contributed by atoms with Crippen molar-refractivity contribution < 1.29 is 14.6 Å². The third-order valence-electron chi connectivity index (χ3n) is 2.29. The second kappa shape index (κ2) is 6.13. The first-order valence-corrected chi connectivity index (χ1v) is 4.50. The van der Waals surface area contributed by atoms with E-state index < -0.39 is 6.29 Å².